The van der Waals surface area contributed by atoms with Crippen molar-refractivity contribution in [3.05, 3.63) is 64.2 Å². The number of likely N-dealkylation sites (tertiary alicyclic amines) is 1. The number of ether oxygens (including phenoxy) is 2. The summed E-state index contributed by atoms with van der Waals surface area (Å²) in [5.41, 5.74) is 2.41. The van der Waals surface area contributed by atoms with Crippen molar-refractivity contribution in [2.45, 2.75) is 32.0 Å². The molecule has 140 valence electrons. The highest BCUT2D eigenvalue weighted by atomic mass is 35.5. The maximum atomic E-state index is 12.3. The van der Waals surface area contributed by atoms with Gasteiger partial charge in [-0.15, -0.1) is 0 Å². The minimum Gasteiger partial charge on any atom is -0.478 e. The van der Waals surface area contributed by atoms with Crippen molar-refractivity contribution < 1.29 is 19.1 Å². The van der Waals surface area contributed by atoms with Crippen molar-refractivity contribution in [2.24, 2.45) is 0 Å². The molecule has 2 aromatic rings. The topological polar surface area (TPSA) is 55.8 Å². The van der Waals surface area contributed by atoms with E-state index in [0.29, 0.717) is 22.8 Å². The highest BCUT2D eigenvalue weighted by molar-refractivity contribution is 6.30. The molecule has 1 fully saturated rings. The molecule has 1 amide bonds. The molecule has 0 aromatic heterocycles. The highest BCUT2D eigenvalue weighted by Gasteiger charge is 2.30. The molecule has 0 radical (unpaired) electrons. The number of hydrogen-bond donors (Lipinski definition) is 0. The molecule has 2 aromatic carbocycles. The van der Waals surface area contributed by atoms with E-state index in [2.05, 4.69) is 0 Å². The van der Waals surface area contributed by atoms with Gasteiger partial charge in [0.1, 0.15) is 12.4 Å². The SMILES string of the molecule is O=C(OCc1ccc(C(=O)N2CCCC2)cc1)[C@H]1Cc2cc(Cl)ccc2O1. The van der Waals surface area contributed by atoms with Gasteiger partial charge in [0, 0.05) is 30.1 Å². The van der Waals surface area contributed by atoms with Gasteiger partial charge in [0.25, 0.3) is 5.91 Å². The molecule has 0 spiro atoms. The third kappa shape index (κ3) is 3.93. The summed E-state index contributed by atoms with van der Waals surface area (Å²) in [6.45, 7) is 1.80. The zero-order valence-electron chi connectivity index (χ0n) is 14.8. The van der Waals surface area contributed by atoms with Crippen LogP contribution in [0.1, 0.15) is 34.3 Å². The van der Waals surface area contributed by atoms with Gasteiger partial charge in [-0.05, 0) is 54.3 Å². The number of rotatable bonds is 4. The van der Waals surface area contributed by atoms with Gasteiger partial charge in [-0.1, -0.05) is 23.7 Å². The summed E-state index contributed by atoms with van der Waals surface area (Å²) in [5, 5.41) is 0.620. The second-order valence-electron chi connectivity index (χ2n) is 6.87. The summed E-state index contributed by atoms with van der Waals surface area (Å²) in [6, 6.07) is 12.5. The van der Waals surface area contributed by atoms with E-state index in [1.165, 1.54) is 0 Å². The summed E-state index contributed by atoms with van der Waals surface area (Å²) in [4.78, 5) is 26.5. The molecule has 1 atom stereocenters. The van der Waals surface area contributed by atoms with E-state index in [-0.39, 0.29) is 12.5 Å². The standard InChI is InChI=1S/C21H20ClNO4/c22-17-7-8-18-16(11-17)12-19(27-18)21(25)26-13-14-3-5-15(6-4-14)20(24)23-9-1-2-10-23/h3-8,11,19H,1-2,9-10,12-13H2/t19-/m1/s1. The van der Waals surface area contributed by atoms with E-state index in [0.717, 1.165) is 37.1 Å². The molecule has 27 heavy (non-hydrogen) atoms. The first kappa shape index (κ1) is 17.9. The Balaban J connectivity index is 1.31. The minimum atomic E-state index is -0.644. The Morgan fingerprint density at radius 1 is 1.11 bits per heavy atom. The minimum absolute atomic E-state index is 0.0619. The summed E-state index contributed by atoms with van der Waals surface area (Å²) < 4.78 is 11.0. The zero-order valence-corrected chi connectivity index (χ0v) is 15.6. The second kappa shape index (κ2) is 7.61. The van der Waals surface area contributed by atoms with E-state index >= 15 is 0 Å². The first-order chi connectivity index (χ1) is 13.1. The quantitative estimate of drug-likeness (QED) is 0.754. The summed E-state index contributed by atoms with van der Waals surface area (Å²) >= 11 is 5.97. The van der Waals surface area contributed by atoms with Gasteiger partial charge in [0.15, 0.2) is 6.10 Å². The van der Waals surface area contributed by atoms with E-state index in [1.54, 1.807) is 30.3 Å². The Bertz CT molecular complexity index is 859. The number of carbonyl (C=O) groups excluding carboxylic acids is 2. The third-order valence-corrected chi connectivity index (χ3v) is 5.17. The largest absolute Gasteiger partial charge is 0.478 e. The van der Waals surface area contributed by atoms with Gasteiger partial charge in [0.05, 0.1) is 0 Å². The van der Waals surface area contributed by atoms with Gasteiger partial charge in [0.2, 0.25) is 0 Å². The van der Waals surface area contributed by atoms with E-state index in [9.17, 15) is 9.59 Å². The molecule has 0 N–H and O–H groups in total. The third-order valence-electron chi connectivity index (χ3n) is 4.94. The van der Waals surface area contributed by atoms with Crippen LogP contribution in [0.5, 0.6) is 5.75 Å². The number of esters is 1. The molecule has 0 bridgehead atoms. The molecule has 2 aliphatic heterocycles. The van der Waals surface area contributed by atoms with Gasteiger partial charge < -0.3 is 14.4 Å². The molecule has 2 heterocycles. The van der Waals surface area contributed by atoms with Gasteiger partial charge in [-0.25, -0.2) is 4.79 Å². The van der Waals surface area contributed by atoms with Crippen LogP contribution in [-0.2, 0) is 22.6 Å². The van der Waals surface area contributed by atoms with Crippen LogP contribution in [0, 0.1) is 0 Å². The lowest BCUT2D eigenvalue weighted by Gasteiger charge is -2.15. The van der Waals surface area contributed by atoms with Crippen molar-refractivity contribution in [2.75, 3.05) is 13.1 Å². The Morgan fingerprint density at radius 3 is 2.59 bits per heavy atom. The maximum Gasteiger partial charge on any atom is 0.348 e. The number of carbonyl (C=O) groups is 2. The summed E-state index contributed by atoms with van der Waals surface area (Å²) in [5.74, 6) is 0.331. The number of hydrogen-bond acceptors (Lipinski definition) is 4. The molecule has 1 saturated heterocycles. The number of amides is 1. The van der Waals surface area contributed by atoms with Gasteiger partial charge >= 0.3 is 5.97 Å². The number of nitrogens with zero attached hydrogens (tertiary/aromatic N) is 1. The Morgan fingerprint density at radius 2 is 1.85 bits per heavy atom. The summed E-state index contributed by atoms with van der Waals surface area (Å²) in [7, 11) is 0. The predicted octanol–water partition coefficient (Wildman–Crippen LogP) is 3.62. The molecular weight excluding hydrogens is 366 g/mol. The van der Waals surface area contributed by atoms with Gasteiger partial charge in [-0.2, -0.15) is 0 Å². The average molecular weight is 386 g/mol. The molecule has 4 rings (SSSR count). The van der Waals surface area contributed by atoms with Crippen molar-refractivity contribution in [3.8, 4) is 5.75 Å². The van der Waals surface area contributed by atoms with Crippen LogP contribution in [0.25, 0.3) is 0 Å². The fraction of sp³-hybridized carbons (Fsp3) is 0.333. The highest BCUT2D eigenvalue weighted by Crippen LogP contribution is 2.31. The van der Waals surface area contributed by atoms with Crippen molar-refractivity contribution in [1.29, 1.82) is 0 Å². The van der Waals surface area contributed by atoms with E-state index in [1.807, 2.05) is 17.0 Å². The van der Waals surface area contributed by atoms with Crippen LogP contribution < -0.4 is 4.74 Å². The predicted molar refractivity (Wildman–Crippen MR) is 101 cm³/mol. The fourth-order valence-electron chi connectivity index (χ4n) is 3.44. The smallest absolute Gasteiger partial charge is 0.348 e. The lowest BCUT2D eigenvalue weighted by atomic mass is 10.1. The average Bonchev–Trinajstić information content (AvgIpc) is 3.35. The molecule has 2 aliphatic rings. The van der Waals surface area contributed by atoms with Crippen LogP contribution in [-0.4, -0.2) is 36.0 Å². The monoisotopic (exact) mass is 385 g/mol. The number of halogens is 1. The summed E-state index contributed by atoms with van der Waals surface area (Å²) in [6.07, 6.45) is 1.95. The molecule has 5 nitrogen and oxygen atoms in total. The maximum absolute atomic E-state index is 12.3. The number of fused-ring (bicyclic) bond motifs is 1. The zero-order chi connectivity index (χ0) is 18.8. The normalized spacial score (nSPS) is 18.1. The van der Waals surface area contributed by atoms with E-state index in [4.69, 9.17) is 21.1 Å². The number of benzene rings is 2. The molecule has 6 heteroatoms. The van der Waals surface area contributed by atoms with Crippen LogP contribution in [0.15, 0.2) is 42.5 Å². The van der Waals surface area contributed by atoms with Gasteiger partial charge in [-0.3, -0.25) is 4.79 Å². The Kier molecular flexibility index (Phi) is 5.03. The molecule has 0 unspecified atom stereocenters. The van der Waals surface area contributed by atoms with Crippen LogP contribution >= 0.6 is 11.6 Å². The lowest BCUT2D eigenvalue weighted by Crippen LogP contribution is -2.28. The van der Waals surface area contributed by atoms with Crippen LogP contribution in [0.4, 0.5) is 0 Å². The van der Waals surface area contributed by atoms with Crippen LogP contribution in [0.2, 0.25) is 5.02 Å². The van der Waals surface area contributed by atoms with Crippen molar-refractivity contribution >= 4 is 23.5 Å². The lowest BCUT2D eigenvalue weighted by molar-refractivity contribution is -0.152. The molecule has 0 aliphatic carbocycles. The Labute approximate surface area is 162 Å². The second-order valence-corrected chi connectivity index (χ2v) is 7.30. The fourth-order valence-corrected chi connectivity index (χ4v) is 3.64. The van der Waals surface area contributed by atoms with Crippen molar-refractivity contribution in [1.82, 2.24) is 4.90 Å². The van der Waals surface area contributed by atoms with Crippen molar-refractivity contribution in [3.63, 3.8) is 0 Å². The van der Waals surface area contributed by atoms with E-state index < -0.39 is 12.1 Å². The van der Waals surface area contributed by atoms with Crippen LogP contribution in [0.3, 0.4) is 0 Å². The molecular formula is C21H20ClNO4. The first-order valence-electron chi connectivity index (χ1n) is 9.10. The Hall–Kier alpha value is -2.53. The molecule has 0 saturated carbocycles. The first-order valence-corrected chi connectivity index (χ1v) is 9.48.